The predicted octanol–water partition coefficient (Wildman–Crippen LogP) is 3.11. The SMILES string of the molecule is CCCNc1nc(OC)nc(Oc2cc(C)cc(C)c2)n1. The molecule has 0 aliphatic carbocycles. The van der Waals surface area contributed by atoms with E-state index in [9.17, 15) is 0 Å². The second-order valence-corrected chi connectivity index (χ2v) is 4.78. The monoisotopic (exact) mass is 288 g/mol. The molecule has 0 radical (unpaired) electrons. The van der Waals surface area contributed by atoms with Crippen LogP contribution in [0.5, 0.6) is 17.8 Å². The van der Waals surface area contributed by atoms with Gasteiger partial charge in [0.05, 0.1) is 7.11 Å². The second kappa shape index (κ2) is 6.88. The molecule has 0 aliphatic rings. The molecule has 1 aromatic heterocycles. The van der Waals surface area contributed by atoms with Crippen LogP contribution in [0, 0.1) is 13.8 Å². The summed E-state index contributed by atoms with van der Waals surface area (Å²) >= 11 is 0. The van der Waals surface area contributed by atoms with Crippen molar-refractivity contribution in [3.8, 4) is 17.8 Å². The topological polar surface area (TPSA) is 69.2 Å². The van der Waals surface area contributed by atoms with Crippen molar-refractivity contribution in [2.45, 2.75) is 27.2 Å². The van der Waals surface area contributed by atoms with Crippen molar-refractivity contribution in [1.82, 2.24) is 15.0 Å². The molecule has 0 amide bonds. The summed E-state index contributed by atoms with van der Waals surface area (Å²) in [5.74, 6) is 1.14. The molecule has 0 unspecified atom stereocenters. The van der Waals surface area contributed by atoms with Crippen molar-refractivity contribution in [1.29, 1.82) is 0 Å². The van der Waals surface area contributed by atoms with Gasteiger partial charge in [0.15, 0.2) is 0 Å². The lowest BCUT2D eigenvalue weighted by Gasteiger charge is -2.09. The molecule has 0 aliphatic heterocycles. The number of nitrogens with zero attached hydrogens (tertiary/aromatic N) is 3. The van der Waals surface area contributed by atoms with Gasteiger partial charge in [0.1, 0.15) is 5.75 Å². The molecular weight excluding hydrogens is 268 g/mol. The molecule has 1 heterocycles. The van der Waals surface area contributed by atoms with Crippen LogP contribution in [0.2, 0.25) is 0 Å². The number of aromatic nitrogens is 3. The maximum Gasteiger partial charge on any atom is 0.330 e. The zero-order valence-corrected chi connectivity index (χ0v) is 12.8. The van der Waals surface area contributed by atoms with E-state index in [-0.39, 0.29) is 12.0 Å². The van der Waals surface area contributed by atoms with Crippen LogP contribution in [0.1, 0.15) is 24.5 Å². The summed E-state index contributed by atoms with van der Waals surface area (Å²) < 4.78 is 10.8. The number of methoxy groups -OCH3 is 1. The first-order valence-corrected chi connectivity index (χ1v) is 6.90. The number of nitrogens with one attached hydrogen (secondary N) is 1. The van der Waals surface area contributed by atoms with Gasteiger partial charge >= 0.3 is 12.0 Å². The number of hydrogen-bond acceptors (Lipinski definition) is 6. The Bertz CT molecular complexity index is 596. The Labute approximate surface area is 124 Å². The fourth-order valence-electron chi connectivity index (χ4n) is 1.89. The van der Waals surface area contributed by atoms with Gasteiger partial charge in [-0.05, 0) is 43.5 Å². The summed E-state index contributed by atoms with van der Waals surface area (Å²) in [5.41, 5.74) is 2.24. The Morgan fingerprint density at radius 2 is 1.67 bits per heavy atom. The van der Waals surface area contributed by atoms with Crippen LogP contribution in [-0.2, 0) is 0 Å². The normalized spacial score (nSPS) is 10.3. The highest BCUT2D eigenvalue weighted by molar-refractivity contribution is 5.35. The van der Waals surface area contributed by atoms with Crippen molar-refractivity contribution in [3.63, 3.8) is 0 Å². The number of anilines is 1. The van der Waals surface area contributed by atoms with Crippen molar-refractivity contribution >= 4 is 5.95 Å². The van der Waals surface area contributed by atoms with E-state index in [1.165, 1.54) is 7.11 Å². The summed E-state index contributed by atoms with van der Waals surface area (Å²) in [5, 5.41) is 3.10. The van der Waals surface area contributed by atoms with Crippen LogP contribution in [-0.4, -0.2) is 28.6 Å². The van der Waals surface area contributed by atoms with E-state index in [1.807, 2.05) is 26.0 Å². The van der Waals surface area contributed by atoms with E-state index < -0.39 is 0 Å². The minimum absolute atomic E-state index is 0.213. The molecule has 112 valence electrons. The third-order valence-electron chi connectivity index (χ3n) is 2.71. The van der Waals surface area contributed by atoms with Crippen LogP contribution in [0.15, 0.2) is 18.2 Å². The molecule has 0 spiro atoms. The maximum absolute atomic E-state index is 5.72. The van der Waals surface area contributed by atoms with Crippen molar-refractivity contribution in [2.24, 2.45) is 0 Å². The Hall–Kier alpha value is -2.37. The number of benzene rings is 1. The van der Waals surface area contributed by atoms with E-state index in [4.69, 9.17) is 9.47 Å². The van der Waals surface area contributed by atoms with Gasteiger partial charge in [-0.25, -0.2) is 0 Å². The summed E-state index contributed by atoms with van der Waals surface area (Å²) in [4.78, 5) is 12.5. The average molecular weight is 288 g/mol. The molecule has 0 fully saturated rings. The average Bonchev–Trinajstić information content (AvgIpc) is 2.43. The Morgan fingerprint density at radius 3 is 2.29 bits per heavy atom. The number of ether oxygens (including phenoxy) is 2. The number of rotatable bonds is 6. The lowest BCUT2D eigenvalue weighted by atomic mass is 10.1. The molecule has 6 heteroatoms. The Morgan fingerprint density at radius 1 is 1.00 bits per heavy atom. The van der Waals surface area contributed by atoms with Crippen molar-refractivity contribution < 1.29 is 9.47 Å². The van der Waals surface area contributed by atoms with E-state index in [1.54, 1.807) is 0 Å². The largest absolute Gasteiger partial charge is 0.467 e. The van der Waals surface area contributed by atoms with Crippen LogP contribution < -0.4 is 14.8 Å². The first kappa shape index (κ1) is 15.0. The maximum atomic E-state index is 5.72. The zero-order valence-electron chi connectivity index (χ0n) is 12.8. The van der Waals surface area contributed by atoms with Crippen LogP contribution in [0.4, 0.5) is 5.95 Å². The van der Waals surface area contributed by atoms with Gasteiger partial charge in [-0.3, -0.25) is 0 Å². The predicted molar refractivity (Wildman–Crippen MR) is 81.1 cm³/mol. The molecule has 2 aromatic rings. The van der Waals surface area contributed by atoms with Gasteiger partial charge in [0.25, 0.3) is 0 Å². The van der Waals surface area contributed by atoms with Gasteiger partial charge in [0.2, 0.25) is 5.95 Å². The van der Waals surface area contributed by atoms with Gasteiger partial charge in [0, 0.05) is 6.54 Å². The van der Waals surface area contributed by atoms with E-state index >= 15 is 0 Å². The molecule has 0 bridgehead atoms. The minimum atomic E-state index is 0.213. The van der Waals surface area contributed by atoms with E-state index in [0.717, 1.165) is 24.1 Å². The lowest BCUT2D eigenvalue weighted by molar-refractivity contribution is 0.360. The smallest absolute Gasteiger partial charge is 0.330 e. The quantitative estimate of drug-likeness (QED) is 0.880. The van der Waals surface area contributed by atoms with Gasteiger partial charge in [-0.1, -0.05) is 13.0 Å². The van der Waals surface area contributed by atoms with E-state index in [0.29, 0.717) is 11.7 Å². The highest BCUT2D eigenvalue weighted by Gasteiger charge is 2.09. The molecule has 0 saturated heterocycles. The fourth-order valence-corrected chi connectivity index (χ4v) is 1.89. The molecule has 6 nitrogen and oxygen atoms in total. The van der Waals surface area contributed by atoms with Gasteiger partial charge < -0.3 is 14.8 Å². The van der Waals surface area contributed by atoms with Crippen LogP contribution >= 0.6 is 0 Å². The Kier molecular flexibility index (Phi) is 4.92. The molecular formula is C15H20N4O2. The first-order chi connectivity index (χ1) is 10.1. The summed E-state index contributed by atoms with van der Waals surface area (Å²) in [6, 6.07) is 6.38. The second-order valence-electron chi connectivity index (χ2n) is 4.78. The fraction of sp³-hybridized carbons (Fsp3) is 0.400. The van der Waals surface area contributed by atoms with Crippen LogP contribution in [0.25, 0.3) is 0 Å². The summed E-state index contributed by atoms with van der Waals surface area (Å²) in [6.45, 7) is 6.87. The standard InChI is InChI=1S/C15H20N4O2/c1-5-6-16-13-17-14(20-4)19-15(18-13)21-12-8-10(2)7-11(3)9-12/h7-9H,5-6H2,1-4H3,(H,16,17,18,19). The number of hydrogen-bond donors (Lipinski definition) is 1. The third-order valence-corrected chi connectivity index (χ3v) is 2.71. The van der Waals surface area contributed by atoms with Crippen molar-refractivity contribution in [3.05, 3.63) is 29.3 Å². The zero-order chi connectivity index (χ0) is 15.2. The van der Waals surface area contributed by atoms with Crippen molar-refractivity contribution in [2.75, 3.05) is 19.0 Å². The van der Waals surface area contributed by atoms with E-state index in [2.05, 4.69) is 33.3 Å². The van der Waals surface area contributed by atoms with Gasteiger partial charge in [-0.15, -0.1) is 4.98 Å². The summed E-state index contributed by atoms with van der Waals surface area (Å²) in [6.07, 6.45) is 0.973. The molecule has 1 aromatic carbocycles. The number of aryl methyl sites for hydroxylation is 2. The first-order valence-electron chi connectivity index (χ1n) is 6.90. The molecule has 0 saturated carbocycles. The molecule has 1 N–H and O–H groups in total. The summed E-state index contributed by atoms with van der Waals surface area (Å²) in [7, 11) is 1.51. The molecule has 0 atom stereocenters. The highest BCUT2D eigenvalue weighted by Crippen LogP contribution is 2.23. The Balaban J connectivity index is 2.25. The molecule has 21 heavy (non-hydrogen) atoms. The highest BCUT2D eigenvalue weighted by atomic mass is 16.5. The van der Waals surface area contributed by atoms with Gasteiger partial charge in [-0.2, -0.15) is 9.97 Å². The van der Waals surface area contributed by atoms with Crippen LogP contribution in [0.3, 0.4) is 0 Å². The third kappa shape index (κ3) is 4.30. The minimum Gasteiger partial charge on any atom is -0.467 e. The lowest BCUT2D eigenvalue weighted by Crippen LogP contribution is -2.07. The molecule has 2 rings (SSSR count).